The Hall–Kier alpha value is -3.39. The molecule has 0 saturated carbocycles. The van der Waals surface area contributed by atoms with Gasteiger partial charge in [-0.3, -0.25) is 4.72 Å². The van der Waals surface area contributed by atoms with Crippen molar-refractivity contribution in [3.05, 3.63) is 71.8 Å². The summed E-state index contributed by atoms with van der Waals surface area (Å²) in [6, 6.07) is 18.1. The second-order valence-electron chi connectivity index (χ2n) is 7.71. The zero-order chi connectivity index (χ0) is 22.9. The molecule has 1 heterocycles. The van der Waals surface area contributed by atoms with Crippen molar-refractivity contribution in [2.45, 2.75) is 32.6 Å². The summed E-state index contributed by atoms with van der Waals surface area (Å²) in [5.74, 6) is 0. The molecule has 8 heteroatoms. The van der Waals surface area contributed by atoms with Crippen molar-refractivity contribution in [3.63, 3.8) is 0 Å². The molecule has 32 heavy (non-hydrogen) atoms. The van der Waals surface area contributed by atoms with Crippen LogP contribution in [-0.4, -0.2) is 36.5 Å². The van der Waals surface area contributed by atoms with Crippen LogP contribution in [0, 0.1) is 13.8 Å². The van der Waals surface area contributed by atoms with Crippen molar-refractivity contribution in [3.8, 4) is 5.69 Å². The molecule has 0 aliphatic carbocycles. The maximum absolute atomic E-state index is 12.7. The van der Waals surface area contributed by atoms with E-state index >= 15 is 0 Å². The molecule has 4 rings (SSSR count). The quantitative estimate of drug-likeness (QED) is 0.443. The maximum atomic E-state index is 12.7. The highest BCUT2D eigenvalue weighted by Crippen LogP contribution is 2.26. The summed E-state index contributed by atoms with van der Waals surface area (Å²) in [5, 5.41) is 9.25. The van der Waals surface area contributed by atoms with E-state index in [2.05, 4.69) is 45.8 Å². The number of rotatable bonds is 7. The van der Waals surface area contributed by atoms with Crippen molar-refractivity contribution in [2.75, 3.05) is 22.7 Å². The first-order valence-electron chi connectivity index (χ1n) is 10.6. The summed E-state index contributed by atoms with van der Waals surface area (Å²) >= 11 is 0. The lowest BCUT2D eigenvalue weighted by Crippen LogP contribution is -2.21. The zero-order valence-corrected chi connectivity index (χ0v) is 19.5. The topological polar surface area (TPSA) is 80.1 Å². The number of fused-ring (bicyclic) bond motifs is 1. The van der Waals surface area contributed by atoms with E-state index in [-0.39, 0.29) is 4.90 Å². The Bertz CT molecular complexity index is 1360. The van der Waals surface area contributed by atoms with Crippen molar-refractivity contribution in [2.24, 2.45) is 0 Å². The predicted octanol–water partition coefficient (Wildman–Crippen LogP) is 4.68. The van der Waals surface area contributed by atoms with Crippen LogP contribution in [0.2, 0.25) is 0 Å². The molecule has 0 amide bonds. The smallest absolute Gasteiger partial charge is 0.261 e. The molecule has 1 N–H and O–H groups in total. The standard InChI is InChI=1S/C24H27N5O2S/c1-5-28(6-2)19-12-13-24(18(4)14-19)29-25-22-15-17(3)21(16-23(22)26-29)27-32(30,31)20-10-8-7-9-11-20/h7-16,27H,5-6H2,1-4H3. The minimum atomic E-state index is -3.68. The van der Waals surface area contributed by atoms with Gasteiger partial charge in [-0.25, -0.2) is 8.42 Å². The third kappa shape index (κ3) is 4.18. The van der Waals surface area contributed by atoms with Gasteiger partial charge < -0.3 is 4.90 Å². The Kier molecular flexibility index (Phi) is 5.88. The van der Waals surface area contributed by atoms with Crippen LogP contribution in [0.15, 0.2) is 65.6 Å². The number of nitrogens with zero attached hydrogens (tertiary/aromatic N) is 4. The van der Waals surface area contributed by atoms with Crippen LogP contribution in [0.1, 0.15) is 25.0 Å². The van der Waals surface area contributed by atoms with E-state index < -0.39 is 10.0 Å². The molecule has 0 atom stereocenters. The molecule has 7 nitrogen and oxygen atoms in total. The van der Waals surface area contributed by atoms with E-state index in [0.717, 1.165) is 29.9 Å². The summed E-state index contributed by atoms with van der Waals surface area (Å²) < 4.78 is 28.2. The molecule has 0 aliphatic rings. The number of benzene rings is 3. The summed E-state index contributed by atoms with van der Waals surface area (Å²) in [4.78, 5) is 4.12. The van der Waals surface area contributed by atoms with E-state index in [0.29, 0.717) is 16.7 Å². The molecule has 3 aromatic carbocycles. The van der Waals surface area contributed by atoms with Gasteiger partial charge in [0, 0.05) is 18.8 Å². The van der Waals surface area contributed by atoms with E-state index in [1.54, 1.807) is 41.2 Å². The SMILES string of the molecule is CCN(CC)c1ccc(-n2nc3cc(C)c(NS(=O)(=O)c4ccccc4)cc3n2)c(C)c1. The maximum Gasteiger partial charge on any atom is 0.261 e. The molecule has 1 aromatic heterocycles. The van der Waals surface area contributed by atoms with Crippen molar-refractivity contribution in [1.82, 2.24) is 15.0 Å². The van der Waals surface area contributed by atoms with Gasteiger partial charge in [-0.2, -0.15) is 4.80 Å². The van der Waals surface area contributed by atoms with Gasteiger partial charge in [0.05, 0.1) is 16.3 Å². The minimum absolute atomic E-state index is 0.215. The fourth-order valence-electron chi connectivity index (χ4n) is 3.74. The van der Waals surface area contributed by atoms with Gasteiger partial charge in [0.25, 0.3) is 10.0 Å². The predicted molar refractivity (Wildman–Crippen MR) is 129 cm³/mol. The van der Waals surface area contributed by atoms with Crippen molar-refractivity contribution >= 4 is 32.4 Å². The third-order valence-electron chi connectivity index (χ3n) is 5.55. The summed E-state index contributed by atoms with van der Waals surface area (Å²) in [6.45, 7) is 10.1. The summed E-state index contributed by atoms with van der Waals surface area (Å²) in [5.41, 5.74) is 5.71. The van der Waals surface area contributed by atoms with Gasteiger partial charge in [-0.05, 0) is 81.3 Å². The Morgan fingerprint density at radius 3 is 2.16 bits per heavy atom. The van der Waals surface area contributed by atoms with Gasteiger partial charge in [0.2, 0.25) is 0 Å². The van der Waals surface area contributed by atoms with Crippen LogP contribution in [0.25, 0.3) is 16.7 Å². The lowest BCUT2D eigenvalue weighted by molar-refractivity contribution is 0.601. The van der Waals surface area contributed by atoms with E-state index in [1.165, 1.54) is 5.69 Å². The molecule has 0 fully saturated rings. The molecule has 166 valence electrons. The third-order valence-corrected chi connectivity index (χ3v) is 6.93. The van der Waals surface area contributed by atoms with Crippen LogP contribution in [0.3, 0.4) is 0 Å². The number of aromatic nitrogens is 3. The average Bonchev–Trinajstić information content (AvgIpc) is 3.17. The molecule has 0 saturated heterocycles. The largest absolute Gasteiger partial charge is 0.372 e. The summed E-state index contributed by atoms with van der Waals surface area (Å²) in [7, 11) is -3.68. The number of hydrogen-bond donors (Lipinski definition) is 1. The van der Waals surface area contributed by atoms with Gasteiger partial charge in [-0.15, -0.1) is 10.2 Å². The Labute approximate surface area is 188 Å². The van der Waals surface area contributed by atoms with Gasteiger partial charge in [0.15, 0.2) is 0 Å². The second kappa shape index (κ2) is 8.63. The number of aryl methyl sites for hydroxylation is 2. The molecule has 0 unspecified atom stereocenters. The fraction of sp³-hybridized carbons (Fsp3) is 0.250. The van der Waals surface area contributed by atoms with Crippen molar-refractivity contribution < 1.29 is 8.42 Å². The first-order chi connectivity index (χ1) is 15.3. The fourth-order valence-corrected chi connectivity index (χ4v) is 4.88. The average molecular weight is 450 g/mol. The Morgan fingerprint density at radius 1 is 0.875 bits per heavy atom. The summed E-state index contributed by atoms with van der Waals surface area (Å²) in [6.07, 6.45) is 0. The minimum Gasteiger partial charge on any atom is -0.372 e. The van der Waals surface area contributed by atoms with Crippen LogP contribution in [0.4, 0.5) is 11.4 Å². The number of nitrogens with one attached hydrogen (secondary N) is 1. The lowest BCUT2D eigenvalue weighted by Gasteiger charge is -2.22. The zero-order valence-electron chi connectivity index (χ0n) is 18.7. The molecule has 4 aromatic rings. The first kappa shape index (κ1) is 21.8. The first-order valence-corrected chi connectivity index (χ1v) is 12.1. The van der Waals surface area contributed by atoms with E-state index in [4.69, 9.17) is 0 Å². The van der Waals surface area contributed by atoms with Crippen LogP contribution in [0.5, 0.6) is 0 Å². The second-order valence-corrected chi connectivity index (χ2v) is 9.39. The molecule has 0 aliphatic heterocycles. The molecule has 0 radical (unpaired) electrons. The highest BCUT2D eigenvalue weighted by atomic mass is 32.2. The highest BCUT2D eigenvalue weighted by Gasteiger charge is 2.17. The van der Waals surface area contributed by atoms with Gasteiger partial charge in [0.1, 0.15) is 11.0 Å². The van der Waals surface area contributed by atoms with Crippen LogP contribution >= 0.6 is 0 Å². The van der Waals surface area contributed by atoms with Crippen LogP contribution < -0.4 is 9.62 Å². The number of anilines is 2. The molecular formula is C24H27N5O2S. The Balaban J connectivity index is 1.69. The van der Waals surface area contributed by atoms with E-state index in [1.807, 2.05) is 26.0 Å². The van der Waals surface area contributed by atoms with Crippen molar-refractivity contribution in [1.29, 1.82) is 0 Å². The van der Waals surface area contributed by atoms with Gasteiger partial charge in [-0.1, -0.05) is 18.2 Å². The molecular weight excluding hydrogens is 422 g/mol. The van der Waals surface area contributed by atoms with E-state index in [9.17, 15) is 8.42 Å². The molecule has 0 spiro atoms. The number of sulfonamides is 1. The molecule has 0 bridgehead atoms. The number of hydrogen-bond acceptors (Lipinski definition) is 5. The lowest BCUT2D eigenvalue weighted by atomic mass is 10.1. The van der Waals surface area contributed by atoms with Crippen LogP contribution in [-0.2, 0) is 10.0 Å². The normalized spacial score (nSPS) is 11.6. The van der Waals surface area contributed by atoms with Gasteiger partial charge >= 0.3 is 0 Å². The Morgan fingerprint density at radius 2 is 1.53 bits per heavy atom. The highest BCUT2D eigenvalue weighted by molar-refractivity contribution is 7.92. The monoisotopic (exact) mass is 449 g/mol.